The van der Waals surface area contributed by atoms with E-state index < -0.39 is 0 Å². The minimum atomic E-state index is -0.116. The third kappa shape index (κ3) is 3.65. The zero-order valence-electron chi connectivity index (χ0n) is 15.8. The number of carbonyl (C=O) groups excluding carboxylic acids is 1. The average Bonchev–Trinajstić information content (AvgIpc) is 2.87. The molecule has 27 heavy (non-hydrogen) atoms. The molecule has 7 heteroatoms. The third-order valence-electron chi connectivity index (χ3n) is 6.25. The number of nitrogens with two attached hydrogens (primary N) is 1. The molecule has 2 aromatic rings. The van der Waals surface area contributed by atoms with E-state index in [1.807, 2.05) is 31.2 Å². The van der Waals surface area contributed by atoms with Crippen LogP contribution in [0.4, 0.5) is 0 Å². The van der Waals surface area contributed by atoms with Gasteiger partial charge in [0, 0.05) is 18.6 Å². The number of nitrogens with zero attached hydrogens (tertiary/aromatic N) is 2. The number of rotatable bonds is 4. The van der Waals surface area contributed by atoms with Crippen LogP contribution in [0.5, 0.6) is 0 Å². The molecule has 6 nitrogen and oxygen atoms in total. The van der Waals surface area contributed by atoms with Crippen LogP contribution in [-0.4, -0.2) is 27.1 Å². The van der Waals surface area contributed by atoms with Crippen molar-refractivity contribution in [1.29, 1.82) is 0 Å². The number of benzene rings is 1. The van der Waals surface area contributed by atoms with Crippen LogP contribution in [0.2, 0.25) is 0 Å². The number of hydrogen-bond acceptors (Lipinski definition) is 3. The van der Waals surface area contributed by atoms with Crippen molar-refractivity contribution in [3.05, 3.63) is 34.7 Å². The second kappa shape index (κ2) is 8.07. The summed E-state index contributed by atoms with van der Waals surface area (Å²) in [6.45, 7) is 2.62. The van der Waals surface area contributed by atoms with Gasteiger partial charge in [-0.1, -0.05) is 18.6 Å². The molecule has 2 bridgehead atoms. The molecule has 2 aliphatic rings. The standard InChI is InChI=1S/C20H28N4O2.ClH/c1-2-23-16-8-3-4-9-17(16)24(20(23)26)12-18(25)22-19-13-6-5-7-14(19)11-15(21)10-13;/h3-4,8-9,13-15,19H,2,5-7,10-12,21H2,1H3,(H,22,25);1H. The van der Waals surface area contributed by atoms with Crippen molar-refractivity contribution in [2.45, 2.75) is 64.2 Å². The topological polar surface area (TPSA) is 82.0 Å². The van der Waals surface area contributed by atoms with Crippen molar-refractivity contribution in [1.82, 2.24) is 14.5 Å². The van der Waals surface area contributed by atoms with Crippen LogP contribution < -0.4 is 16.7 Å². The summed E-state index contributed by atoms with van der Waals surface area (Å²) in [5.74, 6) is 0.897. The number of fused-ring (bicyclic) bond motifs is 3. The highest BCUT2D eigenvalue weighted by molar-refractivity contribution is 5.85. The maximum Gasteiger partial charge on any atom is 0.329 e. The van der Waals surface area contributed by atoms with E-state index >= 15 is 0 Å². The highest BCUT2D eigenvalue weighted by atomic mass is 35.5. The Bertz CT molecular complexity index is 860. The van der Waals surface area contributed by atoms with Gasteiger partial charge in [-0.25, -0.2) is 4.79 Å². The molecule has 1 amide bonds. The van der Waals surface area contributed by atoms with Gasteiger partial charge < -0.3 is 11.1 Å². The minimum Gasteiger partial charge on any atom is -0.351 e. The lowest BCUT2D eigenvalue weighted by Crippen LogP contribution is -2.54. The zero-order chi connectivity index (χ0) is 18.3. The number of hydrogen-bond donors (Lipinski definition) is 2. The van der Waals surface area contributed by atoms with E-state index in [2.05, 4.69) is 5.32 Å². The first kappa shape index (κ1) is 20.0. The summed E-state index contributed by atoms with van der Waals surface area (Å²) in [6.07, 6.45) is 5.51. The van der Waals surface area contributed by atoms with Gasteiger partial charge in [0.2, 0.25) is 5.91 Å². The molecule has 2 atom stereocenters. The van der Waals surface area contributed by atoms with Crippen LogP contribution >= 0.6 is 12.4 Å². The quantitative estimate of drug-likeness (QED) is 0.837. The SMILES string of the molecule is CCn1c(=O)n(CC(=O)NC2C3CCCC2CC(N)C3)c2ccccc21.Cl. The van der Waals surface area contributed by atoms with Gasteiger partial charge in [-0.05, 0) is 56.6 Å². The Balaban J connectivity index is 0.00000210. The van der Waals surface area contributed by atoms with Crippen LogP contribution in [0.3, 0.4) is 0 Å². The monoisotopic (exact) mass is 392 g/mol. The Hall–Kier alpha value is -1.79. The Kier molecular flexibility index (Phi) is 5.96. The Morgan fingerprint density at radius 2 is 1.74 bits per heavy atom. The number of aromatic nitrogens is 2. The molecule has 2 aliphatic carbocycles. The van der Waals surface area contributed by atoms with Gasteiger partial charge in [-0.3, -0.25) is 13.9 Å². The number of amides is 1. The summed E-state index contributed by atoms with van der Waals surface area (Å²) in [7, 11) is 0. The molecular weight excluding hydrogens is 364 g/mol. The van der Waals surface area contributed by atoms with Gasteiger partial charge in [-0.15, -0.1) is 12.4 Å². The summed E-state index contributed by atoms with van der Waals surface area (Å²) in [5.41, 5.74) is 7.77. The van der Waals surface area contributed by atoms with E-state index in [9.17, 15) is 9.59 Å². The number of aryl methyl sites for hydroxylation is 1. The number of imidazole rings is 1. The maximum atomic E-state index is 12.8. The zero-order valence-corrected chi connectivity index (χ0v) is 16.6. The molecule has 0 aliphatic heterocycles. The van der Waals surface area contributed by atoms with Crippen molar-refractivity contribution in [2.24, 2.45) is 17.6 Å². The van der Waals surface area contributed by atoms with E-state index in [0.717, 1.165) is 36.7 Å². The number of carbonyl (C=O) groups is 1. The molecule has 0 radical (unpaired) electrons. The molecule has 1 aromatic heterocycles. The summed E-state index contributed by atoms with van der Waals surface area (Å²) in [4.78, 5) is 25.5. The van der Waals surface area contributed by atoms with Crippen LogP contribution in [-0.2, 0) is 17.9 Å². The Morgan fingerprint density at radius 3 is 2.33 bits per heavy atom. The molecule has 1 aromatic carbocycles. The van der Waals surface area contributed by atoms with Crippen molar-refractivity contribution < 1.29 is 4.79 Å². The van der Waals surface area contributed by atoms with Crippen molar-refractivity contribution in [3.63, 3.8) is 0 Å². The minimum absolute atomic E-state index is 0. The predicted octanol–water partition coefficient (Wildman–Crippen LogP) is 2.27. The van der Waals surface area contributed by atoms with E-state index in [1.54, 1.807) is 9.13 Å². The molecule has 1 heterocycles. The summed E-state index contributed by atoms with van der Waals surface area (Å²) in [5, 5.41) is 3.25. The van der Waals surface area contributed by atoms with Crippen molar-refractivity contribution in [2.75, 3.05) is 0 Å². The van der Waals surface area contributed by atoms with E-state index in [0.29, 0.717) is 18.4 Å². The maximum absolute atomic E-state index is 12.8. The van der Waals surface area contributed by atoms with Gasteiger partial charge in [-0.2, -0.15) is 0 Å². The van der Waals surface area contributed by atoms with Crippen LogP contribution in [0.25, 0.3) is 11.0 Å². The number of nitrogens with one attached hydrogen (secondary N) is 1. The molecule has 148 valence electrons. The van der Waals surface area contributed by atoms with Crippen LogP contribution in [0.1, 0.15) is 39.0 Å². The van der Waals surface area contributed by atoms with Gasteiger partial charge in [0.25, 0.3) is 0 Å². The molecule has 2 saturated carbocycles. The highest BCUT2D eigenvalue weighted by Gasteiger charge is 2.39. The third-order valence-corrected chi connectivity index (χ3v) is 6.25. The molecule has 4 rings (SSSR count). The molecule has 0 saturated heterocycles. The van der Waals surface area contributed by atoms with E-state index in [1.165, 1.54) is 6.42 Å². The number of para-hydroxylation sites is 2. The van der Waals surface area contributed by atoms with Crippen molar-refractivity contribution >= 4 is 29.3 Å². The molecular formula is C20H29ClN4O2. The summed E-state index contributed by atoms with van der Waals surface area (Å²) in [6, 6.07) is 8.15. The average molecular weight is 393 g/mol. The summed E-state index contributed by atoms with van der Waals surface area (Å²) < 4.78 is 3.31. The molecule has 0 spiro atoms. The highest BCUT2D eigenvalue weighted by Crippen LogP contribution is 2.39. The molecule has 2 fully saturated rings. The van der Waals surface area contributed by atoms with Crippen LogP contribution in [0, 0.1) is 11.8 Å². The lowest BCUT2D eigenvalue weighted by molar-refractivity contribution is -0.124. The fourth-order valence-corrected chi connectivity index (χ4v) is 5.13. The lowest BCUT2D eigenvalue weighted by atomic mass is 9.67. The Morgan fingerprint density at radius 1 is 1.15 bits per heavy atom. The smallest absolute Gasteiger partial charge is 0.329 e. The largest absolute Gasteiger partial charge is 0.351 e. The first-order valence-electron chi connectivity index (χ1n) is 9.81. The normalized spacial score (nSPS) is 27.2. The van der Waals surface area contributed by atoms with E-state index in [4.69, 9.17) is 5.73 Å². The van der Waals surface area contributed by atoms with Gasteiger partial charge in [0.15, 0.2) is 0 Å². The van der Waals surface area contributed by atoms with Gasteiger partial charge >= 0.3 is 5.69 Å². The van der Waals surface area contributed by atoms with Gasteiger partial charge in [0.05, 0.1) is 11.0 Å². The molecule has 2 unspecified atom stereocenters. The first-order valence-corrected chi connectivity index (χ1v) is 9.81. The lowest BCUT2D eigenvalue weighted by Gasteiger charge is -2.45. The van der Waals surface area contributed by atoms with Crippen molar-refractivity contribution in [3.8, 4) is 0 Å². The fourth-order valence-electron chi connectivity index (χ4n) is 5.13. The Labute approximate surface area is 165 Å². The first-order chi connectivity index (χ1) is 12.6. The molecule has 3 N–H and O–H groups in total. The second-order valence-corrected chi connectivity index (χ2v) is 7.88. The van der Waals surface area contributed by atoms with E-state index in [-0.39, 0.29) is 42.6 Å². The van der Waals surface area contributed by atoms with Crippen LogP contribution in [0.15, 0.2) is 29.1 Å². The van der Waals surface area contributed by atoms with Gasteiger partial charge in [0.1, 0.15) is 6.54 Å². The second-order valence-electron chi connectivity index (χ2n) is 7.88. The number of halogens is 1. The fraction of sp³-hybridized carbons (Fsp3) is 0.600. The predicted molar refractivity (Wildman–Crippen MR) is 109 cm³/mol. The summed E-state index contributed by atoms with van der Waals surface area (Å²) >= 11 is 0.